The van der Waals surface area contributed by atoms with Crippen molar-refractivity contribution in [3.63, 3.8) is 0 Å². The molecule has 30 heavy (non-hydrogen) atoms. The summed E-state index contributed by atoms with van der Waals surface area (Å²) in [6, 6.07) is 5.82. The third-order valence-electron chi connectivity index (χ3n) is 4.49. The van der Waals surface area contributed by atoms with E-state index in [1.807, 2.05) is 0 Å². The number of carbonyl (C=O) groups excluding carboxylic acids is 2. The van der Waals surface area contributed by atoms with Crippen LogP contribution < -0.4 is 20.3 Å². The van der Waals surface area contributed by atoms with E-state index in [0.29, 0.717) is 24.6 Å². The molecular formula is C19H26N4O6S. The highest BCUT2D eigenvalue weighted by atomic mass is 32.2. The molecule has 0 aliphatic heterocycles. The number of methoxy groups -OCH3 is 2. The van der Waals surface area contributed by atoms with Gasteiger partial charge in [0.2, 0.25) is 10.0 Å². The molecule has 0 fully saturated rings. The highest BCUT2D eigenvalue weighted by Gasteiger charge is 2.25. The SMILES string of the molecule is CCN(CC)S(=O)(=O)c1cc(C(=O)NNC(=O)c2ccc(OC)c(OC)c2)n(C)c1. The number of sulfonamides is 1. The van der Waals surface area contributed by atoms with Gasteiger partial charge in [-0.05, 0) is 24.3 Å². The van der Waals surface area contributed by atoms with Crippen LogP contribution in [-0.4, -0.2) is 56.4 Å². The molecule has 0 spiro atoms. The lowest BCUT2D eigenvalue weighted by atomic mass is 10.2. The molecule has 1 aromatic carbocycles. The number of ether oxygens (including phenoxy) is 2. The number of amides is 2. The maximum Gasteiger partial charge on any atom is 0.286 e. The number of nitrogens with one attached hydrogen (secondary N) is 2. The van der Waals surface area contributed by atoms with Crippen LogP contribution in [0.2, 0.25) is 0 Å². The van der Waals surface area contributed by atoms with Crippen LogP contribution in [0.15, 0.2) is 35.4 Å². The second-order valence-electron chi connectivity index (χ2n) is 6.24. The average Bonchev–Trinajstić information content (AvgIpc) is 3.14. The predicted molar refractivity (Wildman–Crippen MR) is 110 cm³/mol. The quantitative estimate of drug-likeness (QED) is 0.597. The fourth-order valence-corrected chi connectivity index (χ4v) is 4.37. The Morgan fingerprint density at radius 1 is 1.00 bits per heavy atom. The number of hydrogen-bond acceptors (Lipinski definition) is 6. The third kappa shape index (κ3) is 4.74. The average molecular weight is 439 g/mol. The molecule has 164 valence electrons. The van der Waals surface area contributed by atoms with Gasteiger partial charge in [0.05, 0.1) is 14.2 Å². The molecule has 0 bridgehead atoms. The molecule has 0 aliphatic carbocycles. The largest absolute Gasteiger partial charge is 0.493 e. The van der Waals surface area contributed by atoms with Gasteiger partial charge in [0.1, 0.15) is 10.6 Å². The van der Waals surface area contributed by atoms with Gasteiger partial charge in [0, 0.05) is 31.9 Å². The summed E-state index contributed by atoms with van der Waals surface area (Å²) in [5, 5.41) is 0. The molecule has 0 unspecified atom stereocenters. The first kappa shape index (κ1) is 23.2. The molecule has 11 heteroatoms. The summed E-state index contributed by atoms with van der Waals surface area (Å²) >= 11 is 0. The molecule has 2 amide bonds. The summed E-state index contributed by atoms with van der Waals surface area (Å²) in [6.45, 7) is 4.11. The van der Waals surface area contributed by atoms with Crippen molar-refractivity contribution in [1.82, 2.24) is 19.7 Å². The smallest absolute Gasteiger partial charge is 0.286 e. The van der Waals surface area contributed by atoms with E-state index < -0.39 is 21.8 Å². The normalized spacial score (nSPS) is 11.3. The lowest BCUT2D eigenvalue weighted by molar-refractivity contribution is 0.0842. The van der Waals surface area contributed by atoms with Crippen LogP contribution in [0.4, 0.5) is 0 Å². The fourth-order valence-electron chi connectivity index (χ4n) is 2.84. The second kappa shape index (κ2) is 9.63. The Hall–Kier alpha value is -3.05. The zero-order chi connectivity index (χ0) is 22.5. The van der Waals surface area contributed by atoms with Crippen molar-refractivity contribution in [2.45, 2.75) is 18.7 Å². The van der Waals surface area contributed by atoms with Crippen molar-refractivity contribution in [1.29, 1.82) is 0 Å². The molecule has 0 atom stereocenters. The number of carbonyl (C=O) groups is 2. The minimum atomic E-state index is -3.71. The van der Waals surface area contributed by atoms with E-state index in [1.54, 1.807) is 27.0 Å². The van der Waals surface area contributed by atoms with Crippen LogP contribution in [0.5, 0.6) is 11.5 Å². The van der Waals surface area contributed by atoms with Gasteiger partial charge < -0.3 is 14.0 Å². The van der Waals surface area contributed by atoms with Crippen molar-refractivity contribution < 1.29 is 27.5 Å². The molecule has 0 radical (unpaired) electrons. The maximum absolute atomic E-state index is 12.6. The van der Waals surface area contributed by atoms with E-state index in [1.165, 1.54) is 47.5 Å². The molecule has 0 saturated carbocycles. The summed E-state index contributed by atoms with van der Waals surface area (Å²) in [5.74, 6) is -0.407. The van der Waals surface area contributed by atoms with Crippen molar-refractivity contribution >= 4 is 21.8 Å². The Labute approximate surface area is 175 Å². The summed E-state index contributed by atoms with van der Waals surface area (Å²) in [5.41, 5.74) is 4.90. The van der Waals surface area contributed by atoms with Gasteiger partial charge in [-0.3, -0.25) is 20.4 Å². The van der Waals surface area contributed by atoms with Crippen LogP contribution in [-0.2, 0) is 17.1 Å². The van der Waals surface area contributed by atoms with E-state index in [-0.39, 0.29) is 16.2 Å². The molecule has 2 aromatic rings. The maximum atomic E-state index is 12.6. The van der Waals surface area contributed by atoms with E-state index >= 15 is 0 Å². The van der Waals surface area contributed by atoms with Gasteiger partial charge in [0.25, 0.3) is 11.8 Å². The zero-order valence-electron chi connectivity index (χ0n) is 17.6. The zero-order valence-corrected chi connectivity index (χ0v) is 18.4. The first-order valence-corrected chi connectivity index (χ1v) is 10.6. The Morgan fingerprint density at radius 2 is 1.60 bits per heavy atom. The van der Waals surface area contributed by atoms with Gasteiger partial charge >= 0.3 is 0 Å². The third-order valence-corrected chi connectivity index (χ3v) is 6.51. The molecule has 1 heterocycles. The molecular weight excluding hydrogens is 412 g/mol. The van der Waals surface area contributed by atoms with E-state index in [9.17, 15) is 18.0 Å². The van der Waals surface area contributed by atoms with Gasteiger partial charge in [-0.2, -0.15) is 4.31 Å². The van der Waals surface area contributed by atoms with E-state index in [4.69, 9.17) is 9.47 Å². The predicted octanol–water partition coefficient (Wildman–Crippen LogP) is 1.15. The summed E-state index contributed by atoms with van der Waals surface area (Å²) in [6.07, 6.45) is 1.36. The van der Waals surface area contributed by atoms with E-state index in [0.717, 1.165) is 0 Å². The van der Waals surface area contributed by atoms with Crippen molar-refractivity contribution in [3.8, 4) is 11.5 Å². The van der Waals surface area contributed by atoms with Crippen LogP contribution in [0.25, 0.3) is 0 Å². The topological polar surface area (TPSA) is 119 Å². The Balaban J connectivity index is 2.14. The number of hydrazine groups is 1. The molecule has 1 aromatic heterocycles. The fraction of sp³-hybridized carbons (Fsp3) is 0.368. The minimum Gasteiger partial charge on any atom is -0.493 e. The van der Waals surface area contributed by atoms with Gasteiger partial charge in [-0.25, -0.2) is 8.42 Å². The van der Waals surface area contributed by atoms with Gasteiger partial charge in [0.15, 0.2) is 11.5 Å². The highest BCUT2D eigenvalue weighted by molar-refractivity contribution is 7.89. The number of nitrogens with zero attached hydrogens (tertiary/aromatic N) is 2. The number of aryl methyl sites for hydroxylation is 1. The van der Waals surface area contributed by atoms with Crippen LogP contribution >= 0.6 is 0 Å². The Bertz CT molecular complexity index is 1030. The van der Waals surface area contributed by atoms with Crippen LogP contribution in [0, 0.1) is 0 Å². The van der Waals surface area contributed by atoms with Crippen molar-refractivity contribution in [2.24, 2.45) is 7.05 Å². The first-order chi connectivity index (χ1) is 14.2. The van der Waals surface area contributed by atoms with E-state index in [2.05, 4.69) is 10.9 Å². The monoisotopic (exact) mass is 438 g/mol. The van der Waals surface area contributed by atoms with Crippen LogP contribution in [0.1, 0.15) is 34.7 Å². The van der Waals surface area contributed by atoms with Crippen molar-refractivity contribution in [3.05, 3.63) is 41.7 Å². The molecule has 0 saturated heterocycles. The second-order valence-corrected chi connectivity index (χ2v) is 8.18. The molecule has 2 rings (SSSR count). The summed E-state index contributed by atoms with van der Waals surface area (Å²) in [7, 11) is 0.766. The number of hydrogen-bond donors (Lipinski definition) is 2. The number of benzene rings is 1. The summed E-state index contributed by atoms with van der Waals surface area (Å²) < 4.78 is 38.2. The minimum absolute atomic E-state index is 0.00469. The summed E-state index contributed by atoms with van der Waals surface area (Å²) in [4.78, 5) is 24.8. The lowest BCUT2D eigenvalue weighted by Crippen LogP contribution is -2.42. The standard InChI is InChI=1S/C19H26N4O6S/c1-6-23(7-2)30(26,27)14-11-15(22(3)12-14)19(25)21-20-18(24)13-8-9-16(28-4)17(10-13)29-5/h8-12H,6-7H2,1-5H3,(H,20,24)(H,21,25). The van der Waals surface area contributed by atoms with Gasteiger partial charge in [-0.1, -0.05) is 13.8 Å². The molecule has 2 N–H and O–H groups in total. The molecule has 0 aliphatic rings. The Kier molecular flexibility index (Phi) is 7.46. The molecule has 10 nitrogen and oxygen atoms in total. The van der Waals surface area contributed by atoms with Gasteiger partial charge in [-0.15, -0.1) is 0 Å². The van der Waals surface area contributed by atoms with Crippen LogP contribution in [0.3, 0.4) is 0 Å². The highest BCUT2D eigenvalue weighted by Crippen LogP contribution is 2.27. The number of rotatable bonds is 8. The van der Waals surface area contributed by atoms with Crippen molar-refractivity contribution in [2.75, 3.05) is 27.3 Å². The Morgan fingerprint density at radius 3 is 2.17 bits per heavy atom. The first-order valence-electron chi connectivity index (χ1n) is 9.18. The number of aromatic nitrogens is 1. The lowest BCUT2D eigenvalue weighted by Gasteiger charge is -2.17.